The SMILES string of the molecule is CCCCN(CC(=O)NC1CCCC1)CC(C)C(=O)O. The van der Waals surface area contributed by atoms with Gasteiger partial charge in [0.05, 0.1) is 12.5 Å². The Hall–Kier alpha value is -1.10. The molecule has 1 atom stereocenters. The van der Waals surface area contributed by atoms with Crippen molar-refractivity contribution >= 4 is 11.9 Å². The molecule has 1 unspecified atom stereocenters. The maximum atomic E-state index is 12.0. The molecular weight excluding hydrogens is 256 g/mol. The molecule has 1 aliphatic rings. The third-order valence-electron chi connectivity index (χ3n) is 3.87. The highest BCUT2D eigenvalue weighted by Crippen LogP contribution is 2.17. The first kappa shape index (κ1) is 17.0. The van der Waals surface area contributed by atoms with Gasteiger partial charge in [0.1, 0.15) is 0 Å². The second-order valence-corrected chi connectivity index (χ2v) is 5.88. The van der Waals surface area contributed by atoms with Crippen LogP contribution in [0.25, 0.3) is 0 Å². The molecule has 5 nitrogen and oxygen atoms in total. The van der Waals surface area contributed by atoms with Crippen molar-refractivity contribution in [2.24, 2.45) is 5.92 Å². The zero-order valence-electron chi connectivity index (χ0n) is 12.7. The van der Waals surface area contributed by atoms with Gasteiger partial charge in [0.15, 0.2) is 0 Å². The molecule has 0 aromatic carbocycles. The van der Waals surface area contributed by atoms with Crippen LogP contribution in [0.3, 0.4) is 0 Å². The van der Waals surface area contributed by atoms with Crippen LogP contribution < -0.4 is 5.32 Å². The minimum Gasteiger partial charge on any atom is -0.481 e. The van der Waals surface area contributed by atoms with E-state index in [1.807, 2.05) is 4.90 Å². The molecule has 1 amide bonds. The van der Waals surface area contributed by atoms with Crippen molar-refractivity contribution in [3.8, 4) is 0 Å². The predicted molar refractivity (Wildman–Crippen MR) is 78.5 cm³/mol. The fourth-order valence-corrected chi connectivity index (χ4v) is 2.63. The third kappa shape index (κ3) is 6.37. The van der Waals surface area contributed by atoms with Crippen LogP contribution in [0.15, 0.2) is 0 Å². The number of carboxylic acids is 1. The number of carbonyl (C=O) groups is 2. The van der Waals surface area contributed by atoms with Gasteiger partial charge in [-0.2, -0.15) is 0 Å². The summed E-state index contributed by atoms with van der Waals surface area (Å²) >= 11 is 0. The molecule has 0 heterocycles. The Morgan fingerprint density at radius 1 is 1.35 bits per heavy atom. The van der Waals surface area contributed by atoms with Crippen LogP contribution in [0.5, 0.6) is 0 Å². The lowest BCUT2D eigenvalue weighted by molar-refractivity contribution is -0.142. The molecule has 116 valence electrons. The van der Waals surface area contributed by atoms with E-state index in [9.17, 15) is 9.59 Å². The Morgan fingerprint density at radius 2 is 2.00 bits per heavy atom. The van der Waals surface area contributed by atoms with E-state index in [1.54, 1.807) is 6.92 Å². The molecule has 0 saturated heterocycles. The molecule has 0 aliphatic heterocycles. The Bertz CT molecular complexity index is 314. The average Bonchev–Trinajstić information content (AvgIpc) is 2.88. The number of rotatable bonds is 9. The van der Waals surface area contributed by atoms with Crippen LogP contribution in [0.1, 0.15) is 52.4 Å². The van der Waals surface area contributed by atoms with Crippen molar-refractivity contribution in [3.05, 3.63) is 0 Å². The summed E-state index contributed by atoms with van der Waals surface area (Å²) in [6.45, 7) is 5.32. The van der Waals surface area contributed by atoms with Gasteiger partial charge < -0.3 is 10.4 Å². The van der Waals surface area contributed by atoms with Gasteiger partial charge in [0.25, 0.3) is 0 Å². The molecule has 1 saturated carbocycles. The maximum absolute atomic E-state index is 12.0. The summed E-state index contributed by atoms with van der Waals surface area (Å²) in [4.78, 5) is 24.9. The van der Waals surface area contributed by atoms with Crippen molar-refractivity contribution < 1.29 is 14.7 Å². The van der Waals surface area contributed by atoms with Crippen LogP contribution in [0.2, 0.25) is 0 Å². The second kappa shape index (κ2) is 8.95. The summed E-state index contributed by atoms with van der Waals surface area (Å²) < 4.78 is 0. The highest BCUT2D eigenvalue weighted by atomic mass is 16.4. The molecule has 1 aliphatic carbocycles. The van der Waals surface area contributed by atoms with E-state index >= 15 is 0 Å². The number of nitrogens with zero attached hydrogens (tertiary/aromatic N) is 1. The summed E-state index contributed by atoms with van der Waals surface area (Å²) in [6, 6.07) is 0.326. The Morgan fingerprint density at radius 3 is 2.55 bits per heavy atom. The Labute approximate surface area is 121 Å². The standard InChI is InChI=1S/C15H28N2O3/c1-3-4-9-17(10-12(2)15(19)20)11-14(18)16-13-7-5-6-8-13/h12-13H,3-11H2,1-2H3,(H,16,18)(H,19,20). The zero-order chi connectivity index (χ0) is 15.0. The van der Waals surface area contributed by atoms with Gasteiger partial charge in [0.2, 0.25) is 5.91 Å². The summed E-state index contributed by atoms with van der Waals surface area (Å²) in [5, 5.41) is 12.1. The van der Waals surface area contributed by atoms with Crippen LogP contribution >= 0.6 is 0 Å². The summed E-state index contributed by atoms with van der Waals surface area (Å²) in [6.07, 6.45) is 6.57. The number of nitrogens with one attached hydrogen (secondary N) is 1. The van der Waals surface area contributed by atoms with E-state index in [1.165, 1.54) is 12.8 Å². The molecule has 0 aromatic heterocycles. The molecule has 0 spiro atoms. The van der Waals surface area contributed by atoms with Gasteiger partial charge in [0, 0.05) is 12.6 Å². The second-order valence-electron chi connectivity index (χ2n) is 5.88. The van der Waals surface area contributed by atoms with Crippen LogP contribution in [-0.4, -0.2) is 47.6 Å². The largest absolute Gasteiger partial charge is 0.481 e. The van der Waals surface area contributed by atoms with Gasteiger partial charge in [-0.25, -0.2) is 0 Å². The van der Waals surface area contributed by atoms with Crippen LogP contribution in [-0.2, 0) is 9.59 Å². The molecule has 1 fully saturated rings. The molecule has 20 heavy (non-hydrogen) atoms. The molecule has 5 heteroatoms. The monoisotopic (exact) mass is 284 g/mol. The van der Waals surface area contributed by atoms with Crippen molar-refractivity contribution in [3.63, 3.8) is 0 Å². The lowest BCUT2D eigenvalue weighted by Crippen LogP contribution is -2.43. The fourth-order valence-electron chi connectivity index (χ4n) is 2.63. The van der Waals surface area contributed by atoms with Gasteiger partial charge in [-0.1, -0.05) is 33.1 Å². The van der Waals surface area contributed by atoms with Gasteiger partial charge in [-0.15, -0.1) is 0 Å². The fraction of sp³-hybridized carbons (Fsp3) is 0.867. The minimum atomic E-state index is -0.803. The van der Waals surface area contributed by atoms with Crippen LogP contribution in [0, 0.1) is 5.92 Å². The number of hydrogen-bond donors (Lipinski definition) is 2. The first-order chi connectivity index (χ1) is 9.52. The Balaban J connectivity index is 2.40. The molecule has 0 radical (unpaired) electrons. The molecule has 0 aromatic rings. The van der Waals surface area contributed by atoms with Gasteiger partial charge in [-0.3, -0.25) is 14.5 Å². The van der Waals surface area contributed by atoms with E-state index in [0.717, 1.165) is 32.2 Å². The summed E-state index contributed by atoms with van der Waals surface area (Å²) in [5.41, 5.74) is 0. The summed E-state index contributed by atoms with van der Waals surface area (Å²) in [5.74, 6) is -1.21. The van der Waals surface area contributed by atoms with E-state index < -0.39 is 11.9 Å². The highest BCUT2D eigenvalue weighted by Gasteiger charge is 2.21. The highest BCUT2D eigenvalue weighted by molar-refractivity contribution is 5.78. The molecule has 1 rings (SSSR count). The number of carboxylic acid groups (broad SMARTS) is 1. The zero-order valence-corrected chi connectivity index (χ0v) is 12.7. The normalized spacial score (nSPS) is 17.4. The first-order valence-corrected chi connectivity index (χ1v) is 7.77. The number of hydrogen-bond acceptors (Lipinski definition) is 3. The first-order valence-electron chi connectivity index (χ1n) is 7.77. The Kier molecular flexibility index (Phi) is 7.59. The van der Waals surface area contributed by atoms with Crippen molar-refractivity contribution in [1.82, 2.24) is 10.2 Å². The van der Waals surface area contributed by atoms with Gasteiger partial charge >= 0.3 is 5.97 Å². The number of aliphatic carboxylic acids is 1. The predicted octanol–water partition coefficient (Wildman–Crippen LogP) is 1.87. The van der Waals surface area contributed by atoms with E-state index in [0.29, 0.717) is 19.1 Å². The van der Waals surface area contributed by atoms with Crippen LogP contribution in [0.4, 0.5) is 0 Å². The maximum Gasteiger partial charge on any atom is 0.307 e. The number of unbranched alkanes of at least 4 members (excludes halogenated alkanes) is 1. The smallest absolute Gasteiger partial charge is 0.307 e. The molecular formula is C15H28N2O3. The molecule has 0 bridgehead atoms. The topological polar surface area (TPSA) is 69.6 Å². The molecule has 2 N–H and O–H groups in total. The number of carbonyl (C=O) groups excluding carboxylic acids is 1. The van der Waals surface area contributed by atoms with E-state index in [2.05, 4.69) is 12.2 Å². The van der Waals surface area contributed by atoms with Crippen molar-refractivity contribution in [1.29, 1.82) is 0 Å². The lowest BCUT2D eigenvalue weighted by atomic mass is 10.1. The van der Waals surface area contributed by atoms with Gasteiger partial charge in [-0.05, 0) is 25.8 Å². The minimum absolute atomic E-state index is 0.0330. The summed E-state index contributed by atoms with van der Waals surface area (Å²) in [7, 11) is 0. The lowest BCUT2D eigenvalue weighted by Gasteiger charge is -2.24. The quantitative estimate of drug-likeness (QED) is 0.678. The van der Waals surface area contributed by atoms with Crippen molar-refractivity contribution in [2.45, 2.75) is 58.4 Å². The van der Waals surface area contributed by atoms with E-state index in [-0.39, 0.29) is 5.91 Å². The van der Waals surface area contributed by atoms with E-state index in [4.69, 9.17) is 5.11 Å². The third-order valence-corrected chi connectivity index (χ3v) is 3.87. The average molecular weight is 284 g/mol. The number of amides is 1. The van der Waals surface area contributed by atoms with Crippen molar-refractivity contribution in [2.75, 3.05) is 19.6 Å².